The summed E-state index contributed by atoms with van der Waals surface area (Å²) >= 11 is 0. The number of carbonyl (C=O) groups is 2. The number of amides is 1. The zero-order valence-corrected chi connectivity index (χ0v) is 19.0. The minimum atomic E-state index is -1.27. The molecule has 0 aromatic heterocycles. The molecule has 0 radical (unpaired) electrons. The van der Waals surface area contributed by atoms with Crippen LogP contribution in [-0.4, -0.2) is 23.0 Å². The fourth-order valence-electron chi connectivity index (χ4n) is 4.43. The monoisotopic (exact) mass is 460 g/mol. The van der Waals surface area contributed by atoms with Crippen molar-refractivity contribution in [3.05, 3.63) is 143 Å². The minimum absolute atomic E-state index is 0.0467. The molecular formula is C30H24N2O3. The Labute approximate surface area is 204 Å². The van der Waals surface area contributed by atoms with Crippen LogP contribution in [0.5, 0.6) is 0 Å². The lowest BCUT2D eigenvalue weighted by atomic mass is 9.68. The molecule has 0 spiro atoms. The summed E-state index contributed by atoms with van der Waals surface area (Å²) in [6, 6.07) is 35.7. The van der Waals surface area contributed by atoms with E-state index in [0.717, 1.165) is 16.7 Å². The van der Waals surface area contributed by atoms with Crippen molar-refractivity contribution in [1.82, 2.24) is 5.32 Å². The smallest absolute Gasteiger partial charge is 0.326 e. The summed E-state index contributed by atoms with van der Waals surface area (Å²) in [6.07, 6.45) is 0.0467. The predicted molar refractivity (Wildman–Crippen MR) is 134 cm³/mol. The van der Waals surface area contributed by atoms with Gasteiger partial charge >= 0.3 is 5.97 Å². The summed E-state index contributed by atoms with van der Waals surface area (Å²) in [5, 5.41) is 22.0. The number of benzene rings is 4. The lowest BCUT2D eigenvalue weighted by Gasteiger charge is -2.35. The molecule has 0 heterocycles. The number of rotatable bonds is 8. The lowest BCUT2D eigenvalue weighted by Crippen LogP contribution is -2.52. The first-order valence-corrected chi connectivity index (χ1v) is 11.2. The molecule has 4 aromatic carbocycles. The van der Waals surface area contributed by atoms with E-state index in [2.05, 4.69) is 11.4 Å². The van der Waals surface area contributed by atoms with Gasteiger partial charge in [0.05, 0.1) is 11.6 Å². The van der Waals surface area contributed by atoms with Gasteiger partial charge in [-0.05, 0) is 34.4 Å². The molecular weight excluding hydrogens is 436 g/mol. The maximum absolute atomic E-state index is 14.3. The molecule has 0 aliphatic carbocycles. The second-order valence-corrected chi connectivity index (χ2v) is 8.23. The highest BCUT2D eigenvalue weighted by molar-refractivity contribution is 5.98. The third-order valence-electron chi connectivity index (χ3n) is 6.06. The molecule has 2 N–H and O–H groups in total. The molecule has 0 saturated carbocycles. The SMILES string of the molecule is N#Cc1cccc(C[C@@H](NC(=O)C(c2ccccc2)(c2ccccc2)c2ccccc2)C(=O)O)c1. The van der Waals surface area contributed by atoms with E-state index in [0.29, 0.717) is 11.1 Å². The maximum atomic E-state index is 14.3. The summed E-state index contributed by atoms with van der Waals surface area (Å²) < 4.78 is 0. The van der Waals surface area contributed by atoms with Crippen molar-refractivity contribution in [3.63, 3.8) is 0 Å². The van der Waals surface area contributed by atoms with Gasteiger partial charge in [-0.3, -0.25) is 4.79 Å². The van der Waals surface area contributed by atoms with E-state index in [1.165, 1.54) is 0 Å². The molecule has 4 rings (SSSR count). The Hall–Kier alpha value is -4.69. The Bertz CT molecular complexity index is 1250. The largest absolute Gasteiger partial charge is 0.480 e. The van der Waals surface area contributed by atoms with Crippen molar-refractivity contribution in [3.8, 4) is 6.07 Å². The summed E-state index contributed by atoms with van der Waals surface area (Å²) in [5.41, 5.74) is 2.00. The Morgan fingerprint density at radius 2 is 1.26 bits per heavy atom. The van der Waals surface area contributed by atoms with Crippen LogP contribution in [0.4, 0.5) is 0 Å². The van der Waals surface area contributed by atoms with E-state index < -0.39 is 23.3 Å². The summed E-state index contributed by atoms with van der Waals surface area (Å²) in [5.74, 6) is -1.59. The highest BCUT2D eigenvalue weighted by atomic mass is 16.4. The van der Waals surface area contributed by atoms with E-state index in [-0.39, 0.29) is 6.42 Å². The van der Waals surface area contributed by atoms with Gasteiger partial charge in [-0.25, -0.2) is 4.79 Å². The number of carbonyl (C=O) groups excluding carboxylic acids is 1. The fraction of sp³-hybridized carbons (Fsp3) is 0.100. The van der Waals surface area contributed by atoms with Crippen molar-refractivity contribution in [2.45, 2.75) is 17.9 Å². The Balaban J connectivity index is 1.83. The normalized spacial score (nSPS) is 11.7. The first-order valence-electron chi connectivity index (χ1n) is 11.2. The minimum Gasteiger partial charge on any atom is -0.480 e. The van der Waals surface area contributed by atoms with Gasteiger partial charge in [-0.2, -0.15) is 5.26 Å². The highest BCUT2D eigenvalue weighted by Gasteiger charge is 2.45. The molecule has 0 saturated heterocycles. The number of carboxylic acid groups (broad SMARTS) is 1. The molecule has 0 aliphatic heterocycles. The fourth-order valence-corrected chi connectivity index (χ4v) is 4.43. The number of carboxylic acids is 1. The van der Waals surface area contributed by atoms with Crippen LogP contribution in [0.15, 0.2) is 115 Å². The van der Waals surface area contributed by atoms with Gasteiger partial charge in [0.2, 0.25) is 5.91 Å². The van der Waals surface area contributed by atoms with Crippen LogP contribution in [0, 0.1) is 11.3 Å². The van der Waals surface area contributed by atoms with Gasteiger partial charge in [-0.1, -0.05) is 103 Å². The molecule has 1 amide bonds. The van der Waals surface area contributed by atoms with Crippen LogP contribution < -0.4 is 5.32 Å². The second-order valence-electron chi connectivity index (χ2n) is 8.23. The molecule has 0 bridgehead atoms. The van der Waals surface area contributed by atoms with Crippen molar-refractivity contribution in [2.24, 2.45) is 0 Å². The van der Waals surface area contributed by atoms with Crippen LogP contribution in [-0.2, 0) is 21.4 Å². The van der Waals surface area contributed by atoms with Crippen LogP contribution in [0.2, 0.25) is 0 Å². The highest BCUT2D eigenvalue weighted by Crippen LogP contribution is 2.39. The van der Waals surface area contributed by atoms with Crippen molar-refractivity contribution >= 4 is 11.9 Å². The van der Waals surface area contributed by atoms with Gasteiger partial charge < -0.3 is 10.4 Å². The van der Waals surface area contributed by atoms with E-state index >= 15 is 0 Å². The van der Waals surface area contributed by atoms with E-state index in [1.54, 1.807) is 24.3 Å². The van der Waals surface area contributed by atoms with Crippen molar-refractivity contribution in [1.29, 1.82) is 5.26 Å². The number of aliphatic carboxylic acids is 1. The molecule has 0 fully saturated rings. The molecule has 4 aromatic rings. The van der Waals surface area contributed by atoms with Crippen molar-refractivity contribution in [2.75, 3.05) is 0 Å². The van der Waals surface area contributed by atoms with Crippen LogP contribution in [0.3, 0.4) is 0 Å². The molecule has 35 heavy (non-hydrogen) atoms. The van der Waals surface area contributed by atoms with Crippen LogP contribution in [0.1, 0.15) is 27.8 Å². The summed E-state index contributed by atoms with van der Waals surface area (Å²) in [6.45, 7) is 0. The third kappa shape index (κ3) is 4.83. The molecule has 0 unspecified atom stereocenters. The third-order valence-corrected chi connectivity index (χ3v) is 6.06. The average Bonchev–Trinajstić information content (AvgIpc) is 2.91. The quantitative estimate of drug-likeness (QED) is 0.373. The molecule has 172 valence electrons. The summed E-state index contributed by atoms with van der Waals surface area (Å²) in [4.78, 5) is 26.5. The number of nitrogens with zero attached hydrogens (tertiary/aromatic N) is 1. The Morgan fingerprint density at radius 1 is 0.771 bits per heavy atom. The number of hydrogen-bond acceptors (Lipinski definition) is 3. The average molecular weight is 461 g/mol. The number of nitrogens with one attached hydrogen (secondary N) is 1. The van der Waals surface area contributed by atoms with Gasteiger partial charge in [0.1, 0.15) is 11.5 Å². The van der Waals surface area contributed by atoms with E-state index in [4.69, 9.17) is 0 Å². The van der Waals surface area contributed by atoms with E-state index in [9.17, 15) is 20.0 Å². The molecule has 5 nitrogen and oxygen atoms in total. The summed E-state index contributed by atoms with van der Waals surface area (Å²) in [7, 11) is 0. The van der Waals surface area contributed by atoms with E-state index in [1.807, 2.05) is 91.0 Å². The second kappa shape index (κ2) is 10.5. The van der Waals surface area contributed by atoms with Gasteiger partial charge in [0.15, 0.2) is 0 Å². The zero-order chi connectivity index (χ0) is 24.7. The maximum Gasteiger partial charge on any atom is 0.326 e. The lowest BCUT2D eigenvalue weighted by molar-refractivity contribution is -0.142. The zero-order valence-electron chi connectivity index (χ0n) is 19.0. The van der Waals surface area contributed by atoms with Crippen molar-refractivity contribution < 1.29 is 14.7 Å². The number of hydrogen-bond donors (Lipinski definition) is 2. The number of nitriles is 1. The van der Waals surface area contributed by atoms with Gasteiger partial charge in [0.25, 0.3) is 0 Å². The predicted octanol–water partition coefficient (Wildman–Crippen LogP) is 4.70. The first-order chi connectivity index (χ1) is 17.1. The van der Waals surface area contributed by atoms with Gasteiger partial charge in [-0.15, -0.1) is 0 Å². The first kappa shape index (κ1) is 23.5. The molecule has 5 heteroatoms. The Morgan fingerprint density at radius 3 is 1.69 bits per heavy atom. The van der Waals surface area contributed by atoms with Crippen LogP contribution in [0.25, 0.3) is 0 Å². The topological polar surface area (TPSA) is 90.2 Å². The van der Waals surface area contributed by atoms with Gasteiger partial charge in [0, 0.05) is 6.42 Å². The molecule has 0 aliphatic rings. The Kier molecular flexibility index (Phi) is 7.04. The van der Waals surface area contributed by atoms with Crippen LogP contribution >= 0.6 is 0 Å². The standard InChI is InChI=1S/C30H24N2O3/c31-21-23-12-10-11-22(19-23)20-27(28(33)34)32-29(35)30(24-13-4-1-5-14-24,25-15-6-2-7-16-25)26-17-8-3-9-18-26/h1-19,27H,20H2,(H,32,35)(H,33,34)/t27-/m1/s1. The molecule has 1 atom stereocenters.